The molecule has 1 saturated heterocycles. The Morgan fingerprint density at radius 3 is 2.41 bits per heavy atom. The maximum Gasteiger partial charge on any atom is 0.315 e. The second kappa shape index (κ2) is 16.0. The standard InChI is InChI=1S/C31H34Cl2N4O6S/c1-41-26-7-5-21(13-27(26)42-2)22-15-35-31(36-16-22)44-18-28(38)34-9-8-23-11-20(10-19-4-6-24(32)25(33)12-19)17-37(23)29(39)14-30(40)43-3/h4-7,12-13,15-16,20,23H,8-11,14,17-18H2,1-3H3,(H,34,38)/t20-,23?/m1/s1. The Kier molecular flexibility index (Phi) is 12.1. The van der Waals surface area contributed by atoms with Crippen molar-refractivity contribution in [3.63, 3.8) is 0 Å². The molecule has 0 bridgehead atoms. The first kappa shape index (κ1) is 33.4. The number of carbonyl (C=O) groups excluding carboxylic acids is 3. The van der Waals surface area contributed by atoms with E-state index in [0.717, 1.165) is 23.1 Å². The second-order valence-electron chi connectivity index (χ2n) is 10.3. The zero-order valence-electron chi connectivity index (χ0n) is 24.7. The fraction of sp³-hybridized carbons (Fsp3) is 0.387. The molecule has 13 heteroatoms. The minimum atomic E-state index is -0.578. The molecule has 4 rings (SSSR count). The molecule has 0 spiro atoms. The van der Waals surface area contributed by atoms with E-state index in [9.17, 15) is 14.4 Å². The molecule has 3 aromatic rings. The van der Waals surface area contributed by atoms with Crippen molar-refractivity contribution < 1.29 is 28.6 Å². The Bertz CT molecular complexity index is 1480. The van der Waals surface area contributed by atoms with E-state index in [-0.39, 0.29) is 35.9 Å². The lowest BCUT2D eigenvalue weighted by Crippen LogP contribution is -2.39. The van der Waals surface area contributed by atoms with Crippen LogP contribution in [0.25, 0.3) is 11.1 Å². The van der Waals surface area contributed by atoms with Crippen molar-refractivity contribution in [2.24, 2.45) is 5.92 Å². The highest BCUT2D eigenvalue weighted by Crippen LogP contribution is 2.33. The number of ether oxygens (including phenoxy) is 3. The number of methoxy groups -OCH3 is 3. The lowest BCUT2D eigenvalue weighted by atomic mass is 9.96. The summed E-state index contributed by atoms with van der Waals surface area (Å²) in [6, 6.07) is 11.0. The van der Waals surface area contributed by atoms with Crippen LogP contribution in [-0.2, 0) is 25.5 Å². The lowest BCUT2D eigenvalue weighted by molar-refractivity contribution is -0.147. The van der Waals surface area contributed by atoms with E-state index >= 15 is 0 Å². The quantitative estimate of drug-likeness (QED) is 0.116. The van der Waals surface area contributed by atoms with Crippen LogP contribution in [0.5, 0.6) is 11.5 Å². The van der Waals surface area contributed by atoms with Gasteiger partial charge in [0.25, 0.3) is 0 Å². The Labute approximate surface area is 270 Å². The zero-order chi connectivity index (χ0) is 31.6. The molecule has 2 aromatic carbocycles. The summed E-state index contributed by atoms with van der Waals surface area (Å²) >= 11 is 13.5. The number of rotatable bonds is 13. The molecule has 1 aliphatic heterocycles. The molecule has 2 amide bonds. The van der Waals surface area contributed by atoms with Crippen molar-refractivity contribution in [3.05, 3.63) is 64.4 Å². The maximum absolute atomic E-state index is 12.9. The number of carbonyl (C=O) groups is 3. The highest BCUT2D eigenvalue weighted by Gasteiger charge is 2.35. The van der Waals surface area contributed by atoms with Gasteiger partial charge in [0.2, 0.25) is 11.8 Å². The smallest absolute Gasteiger partial charge is 0.315 e. The molecule has 234 valence electrons. The van der Waals surface area contributed by atoms with E-state index < -0.39 is 5.97 Å². The predicted molar refractivity (Wildman–Crippen MR) is 169 cm³/mol. The number of likely N-dealkylation sites (tertiary alicyclic amines) is 1. The Balaban J connectivity index is 1.28. The van der Waals surface area contributed by atoms with Crippen LogP contribution >= 0.6 is 35.0 Å². The third-order valence-corrected chi connectivity index (χ3v) is 8.94. The number of esters is 1. The van der Waals surface area contributed by atoms with Gasteiger partial charge in [0, 0.05) is 37.1 Å². The molecule has 1 aromatic heterocycles. The number of nitrogens with one attached hydrogen (secondary N) is 1. The molecule has 1 fully saturated rings. The highest BCUT2D eigenvalue weighted by molar-refractivity contribution is 7.99. The number of amides is 2. The van der Waals surface area contributed by atoms with Gasteiger partial charge in [0.15, 0.2) is 16.7 Å². The summed E-state index contributed by atoms with van der Waals surface area (Å²) in [5.74, 6) is 0.526. The van der Waals surface area contributed by atoms with Crippen LogP contribution in [0.2, 0.25) is 10.0 Å². The van der Waals surface area contributed by atoms with Gasteiger partial charge in [-0.2, -0.15) is 0 Å². The van der Waals surface area contributed by atoms with Crippen LogP contribution in [0.4, 0.5) is 0 Å². The Morgan fingerprint density at radius 1 is 0.977 bits per heavy atom. The summed E-state index contributed by atoms with van der Waals surface area (Å²) in [6.45, 7) is 0.881. The van der Waals surface area contributed by atoms with Crippen molar-refractivity contribution in [3.8, 4) is 22.6 Å². The normalized spacial score (nSPS) is 16.0. The second-order valence-corrected chi connectivity index (χ2v) is 12.0. The van der Waals surface area contributed by atoms with Crippen LogP contribution in [0.3, 0.4) is 0 Å². The molecule has 10 nitrogen and oxygen atoms in total. The van der Waals surface area contributed by atoms with Crippen molar-refractivity contribution >= 4 is 52.7 Å². The van der Waals surface area contributed by atoms with Gasteiger partial charge in [0.1, 0.15) is 6.42 Å². The number of halogens is 2. The minimum absolute atomic E-state index is 0.125. The van der Waals surface area contributed by atoms with Crippen molar-refractivity contribution in [1.29, 1.82) is 0 Å². The molecular weight excluding hydrogens is 627 g/mol. The van der Waals surface area contributed by atoms with E-state index in [0.29, 0.717) is 52.6 Å². The average Bonchev–Trinajstić information content (AvgIpc) is 3.43. The van der Waals surface area contributed by atoms with Gasteiger partial charge < -0.3 is 24.4 Å². The van der Waals surface area contributed by atoms with E-state index in [1.54, 1.807) is 37.6 Å². The largest absolute Gasteiger partial charge is 0.493 e. The summed E-state index contributed by atoms with van der Waals surface area (Å²) in [4.78, 5) is 47.8. The van der Waals surface area contributed by atoms with E-state index in [4.69, 9.17) is 37.4 Å². The van der Waals surface area contributed by atoms with E-state index in [2.05, 4.69) is 15.3 Å². The van der Waals surface area contributed by atoms with Gasteiger partial charge in [0.05, 0.1) is 37.1 Å². The molecule has 2 atom stereocenters. The van der Waals surface area contributed by atoms with Gasteiger partial charge in [-0.1, -0.05) is 47.1 Å². The fourth-order valence-corrected chi connectivity index (χ4v) is 6.09. The number of benzene rings is 2. The van der Waals surface area contributed by atoms with Gasteiger partial charge in [-0.25, -0.2) is 9.97 Å². The summed E-state index contributed by atoms with van der Waals surface area (Å²) in [5, 5.41) is 4.38. The Morgan fingerprint density at radius 2 is 1.73 bits per heavy atom. The van der Waals surface area contributed by atoms with Crippen LogP contribution in [-0.4, -0.2) is 78.9 Å². The van der Waals surface area contributed by atoms with Gasteiger partial charge in [-0.3, -0.25) is 14.4 Å². The predicted octanol–water partition coefficient (Wildman–Crippen LogP) is 5.09. The first-order valence-corrected chi connectivity index (χ1v) is 15.7. The van der Waals surface area contributed by atoms with Gasteiger partial charge in [-0.05, 0) is 60.6 Å². The molecule has 1 unspecified atom stereocenters. The van der Waals surface area contributed by atoms with E-state index in [1.807, 2.05) is 30.3 Å². The number of nitrogens with zero attached hydrogens (tertiary/aromatic N) is 3. The number of aromatic nitrogens is 2. The maximum atomic E-state index is 12.9. The van der Waals surface area contributed by atoms with Crippen LogP contribution in [0.15, 0.2) is 53.9 Å². The summed E-state index contributed by atoms with van der Waals surface area (Å²) in [5.41, 5.74) is 2.71. The first-order chi connectivity index (χ1) is 21.2. The monoisotopic (exact) mass is 660 g/mol. The molecular formula is C31H34Cl2N4O6S. The minimum Gasteiger partial charge on any atom is -0.493 e. The number of hydrogen-bond acceptors (Lipinski definition) is 9. The van der Waals surface area contributed by atoms with Crippen molar-refractivity contribution in [2.75, 3.05) is 40.2 Å². The third-order valence-electron chi connectivity index (χ3n) is 7.33. The average molecular weight is 662 g/mol. The summed E-state index contributed by atoms with van der Waals surface area (Å²) in [7, 11) is 4.42. The molecule has 0 radical (unpaired) electrons. The molecule has 44 heavy (non-hydrogen) atoms. The third kappa shape index (κ3) is 8.99. The molecule has 2 heterocycles. The highest BCUT2D eigenvalue weighted by atomic mass is 35.5. The fourth-order valence-electron chi connectivity index (χ4n) is 5.15. The van der Waals surface area contributed by atoms with Gasteiger partial charge >= 0.3 is 5.97 Å². The topological polar surface area (TPSA) is 120 Å². The lowest BCUT2D eigenvalue weighted by Gasteiger charge is -2.24. The van der Waals surface area contributed by atoms with Gasteiger partial charge in [-0.15, -0.1) is 0 Å². The SMILES string of the molecule is COC(=O)CC(=O)N1C[C@H](Cc2ccc(Cl)c(Cl)c2)CC1CCNC(=O)CSc1ncc(-c2ccc(OC)c(OC)c2)cn1. The molecule has 0 aliphatic carbocycles. The molecule has 1 N–H and O–H groups in total. The van der Waals surface area contributed by atoms with Crippen molar-refractivity contribution in [1.82, 2.24) is 20.2 Å². The van der Waals surface area contributed by atoms with Crippen LogP contribution in [0.1, 0.15) is 24.8 Å². The van der Waals surface area contributed by atoms with E-state index in [1.165, 1.54) is 18.9 Å². The summed E-state index contributed by atoms with van der Waals surface area (Å²) in [6.07, 6.45) is 5.07. The van der Waals surface area contributed by atoms with Crippen LogP contribution < -0.4 is 14.8 Å². The zero-order valence-corrected chi connectivity index (χ0v) is 27.0. The molecule has 0 saturated carbocycles. The molecule has 1 aliphatic rings. The summed E-state index contributed by atoms with van der Waals surface area (Å²) < 4.78 is 15.3. The number of thioether (sulfide) groups is 1. The number of hydrogen-bond donors (Lipinski definition) is 1. The van der Waals surface area contributed by atoms with Crippen molar-refractivity contribution in [2.45, 2.75) is 36.9 Å². The first-order valence-electron chi connectivity index (χ1n) is 13.9. The Hall–Kier alpha value is -3.54. The van der Waals surface area contributed by atoms with Crippen LogP contribution in [0, 0.1) is 5.92 Å².